The van der Waals surface area contributed by atoms with E-state index in [9.17, 15) is 70.6 Å². The van der Waals surface area contributed by atoms with E-state index in [4.69, 9.17) is 23.7 Å². The highest BCUT2D eigenvalue weighted by Crippen LogP contribution is 2.38. The standard InChI is InChI=1S/C25H42N2O19/c1-7(31)26-13-9(33)3-25(24(40)41,45-20(13)15(35)10(34)4-28)46-21-17(37)12(6-30)43-23(18(21)38)44-19-14(27-8(2)32)22(39)42-11(5-29)16(19)36/h9-23,28-30,33-39H,3-6H2,1-2H3,(H,26,31)(H,27,32)(H,40,41)/t9-,10+,11+,12+,13+,14+,15+,16+,17-,18+,19+,20+,21-,22?,23-,25-/m0/s1. The van der Waals surface area contributed by atoms with E-state index >= 15 is 0 Å². The third-order valence-electron chi connectivity index (χ3n) is 7.87. The number of carboxylic acids is 1. The lowest BCUT2D eigenvalue weighted by Gasteiger charge is -2.50. The number of carbonyl (C=O) groups excluding carboxylic acids is 2. The van der Waals surface area contributed by atoms with Crippen molar-refractivity contribution in [3.63, 3.8) is 0 Å². The summed E-state index contributed by atoms with van der Waals surface area (Å²) in [6.07, 6.45) is -25.8. The molecule has 46 heavy (non-hydrogen) atoms. The summed E-state index contributed by atoms with van der Waals surface area (Å²) in [4.78, 5) is 36.2. The van der Waals surface area contributed by atoms with Gasteiger partial charge in [0.25, 0.3) is 5.79 Å². The van der Waals surface area contributed by atoms with Gasteiger partial charge in [0.15, 0.2) is 12.6 Å². The largest absolute Gasteiger partial charge is 0.477 e. The van der Waals surface area contributed by atoms with Crippen LogP contribution in [0, 0.1) is 0 Å². The number of ether oxygens (including phenoxy) is 5. The van der Waals surface area contributed by atoms with Crippen LogP contribution in [0.1, 0.15) is 20.3 Å². The molecule has 0 aromatic carbocycles. The van der Waals surface area contributed by atoms with Gasteiger partial charge < -0.3 is 90.5 Å². The monoisotopic (exact) mass is 674 g/mol. The van der Waals surface area contributed by atoms with Crippen LogP contribution in [0.2, 0.25) is 0 Å². The van der Waals surface area contributed by atoms with Gasteiger partial charge in [-0.1, -0.05) is 0 Å². The minimum absolute atomic E-state index is 0.720. The number of aliphatic hydroxyl groups is 10. The van der Waals surface area contributed by atoms with E-state index in [0.717, 1.165) is 13.8 Å². The van der Waals surface area contributed by atoms with Crippen LogP contribution in [0.3, 0.4) is 0 Å². The van der Waals surface area contributed by atoms with E-state index in [2.05, 4.69) is 10.6 Å². The minimum Gasteiger partial charge on any atom is -0.477 e. The average Bonchev–Trinajstić information content (AvgIpc) is 2.99. The number of hydrogen-bond donors (Lipinski definition) is 13. The van der Waals surface area contributed by atoms with Gasteiger partial charge in [-0.25, -0.2) is 4.79 Å². The fourth-order valence-electron chi connectivity index (χ4n) is 5.56. The first-order valence-electron chi connectivity index (χ1n) is 14.2. The van der Waals surface area contributed by atoms with Crippen molar-refractivity contribution in [1.82, 2.24) is 10.6 Å². The lowest BCUT2D eigenvalue weighted by atomic mass is 9.88. The molecule has 3 fully saturated rings. The van der Waals surface area contributed by atoms with Gasteiger partial charge in [0.1, 0.15) is 67.1 Å². The van der Waals surface area contributed by atoms with Crippen molar-refractivity contribution in [2.24, 2.45) is 0 Å². The fraction of sp³-hybridized carbons (Fsp3) is 0.880. The molecule has 0 radical (unpaired) electrons. The van der Waals surface area contributed by atoms with Crippen LogP contribution < -0.4 is 10.6 Å². The molecule has 3 aliphatic rings. The molecule has 0 aromatic heterocycles. The van der Waals surface area contributed by atoms with Crippen molar-refractivity contribution in [2.45, 2.75) is 118 Å². The van der Waals surface area contributed by atoms with Crippen LogP contribution in [-0.4, -0.2) is 191 Å². The Morgan fingerprint density at radius 3 is 1.91 bits per heavy atom. The first-order valence-corrected chi connectivity index (χ1v) is 14.2. The van der Waals surface area contributed by atoms with E-state index in [1.807, 2.05) is 0 Å². The maximum absolute atomic E-state index is 12.6. The molecule has 21 nitrogen and oxygen atoms in total. The molecule has 3 rings (SSSR count). The second-order valence-electron chi connectivity index (χ2n) is 11.2. The Bertz CT molecular complexity index is 1050. The number of rotatable bonds is 12. The molecule has 2 amide bonds. The highest BCUT2D eigenvalue weighted by Gasteiger charge is 2.60. The summed E-state index contributed by atoms with van der Waals surface area (Å²) in [7, 11) is 0. The summed E-state index contributed by atoms with van der Waals surface area (Å²) in [5.74, 6) is -6.50. The lowest BCUT2D eigenvalue weighted by molar-refractivity contribution is -0.380. The molecule has 3 saturated heterocycles. The van der Waals surface area contributed by atoms with Crippen LogP contribution in [0.5, 0.6) is 0 Å². The van der Waals surface area contributed by atoms with Gasteiger partial charge in [0.05, 0.1) is 32.0 Å². The summed E-state index contributed by atoms with van der Waals surface area (Å²) in [6, 6.07) is -3.08. The summed E-state index contributed by atoms with van der Waals surface area (Å²) < 4.78 is 27.3. The zero-order chi connectivity index (χ0) is 34.7. The predicted octanol–water partition coefficient (Wildman–Crippen LogP) is -8.08. The first-order chi connectivity index (χ1) is 21.5. The molecule has 3 aliphatic heterocycles. The lowest BCUT2D eigenvalue weighted by Crippen LogP contribution is -2.71. The van der Waals surface area contributed by atoms with Gasteiger partial charge in [-0.15, -0.1) is 0 Å². The molecular formula is C25H42N2O19. The number of nitrogens with one attached hydrogen (secondary N) is 2. The molecule has 0 aromatic rings. The molecule has 16 atom stereocenters. The number of aliphatic hydroxyl groups excluding tert-OH is 10. The van der Waals surface area contributed by atoms with Crippen molar-refractivity contribution in [3.8, 4) is 0 Å². The third kappa shape index (κ3) is 8.08. The number of hydrogen-bond acceptors (Lipinski definition) is 18. The Balaban J connectivity index is 1.98. The van der Waals surface area contributed by atoms with Crippen LogP contribution in [0.25, 0.3) is 0 Å². The molecule has 3 heterocycles. The van der Waals surface area contributed by atoms with E-state index in [-0.39, 0.29) is 0 Å². The Hall–Kier alpha value is -2.19. The Kier molecular flexibility index (Phi) is 13.1. The maximum atomic E-state index is 12.6. The van der Waals surface area contributed by atoms with Crippen LogP contribution in [-0.2, 0) is 38.1 Å². The zero-order valence-electron chi connectivity index (χ0n) is 24.7. The summed E-state index contributed by atoms with van der Waals surface area (Å²) in [5.41, 5.74) is 0. The van der Waals surface area contributed by atoms with Crippen molar-refractivity contribution < 1.29 is 94.2 Å². The molecule has 13 N–H and O–H groups in total. The number of amides is 2. The molecule has 0 saturated carbocycles. The van der Waals surface area contributed by atoms with Gasteiger partial charge in [-0.05, 0) is 0 Å². The van der Waals surface area contributed by atoms with Gasteiger partial charge in [-0.3, -0.25) is 9.59 Å². The van der Waals surface area contributed by atoms with Gasteiger partial charge in [0.2, 0.25) is 11.8 Å². The van der Waals surface area contributed by atoms with Gasteiger partial charge in [0, 0.05) is 20.3 Å². The molecule has 1 unspecified atom stereocenters. The predicted molar refractivity (Wildman–Crippen MR) is 142 cm³/mol. The Morgan fingerprint density at radius 2 is 1.39 bits per heavy atom. The second kappa shape index (κ2) is 15.8. The van der Waals surface area contributed by atoms with Crippen LogP contribution in [0.4, 0.5) is 0 Å². The average molecular weight is 675 g/mol. The SMILES string of the molecule is CC(=O)N[C@H]1[C@H]([C@H](O)[C@H](O)CO)O[C@@](O[C@H]2[C@@H](O)[C@@H](CO)O[C@@H](O[C@H]3[C@H](O)[C@@H](CO)OC(O)[C@@H]3NC(C)=O)[C@@H]2O)(C(=O)O)C[C@@H]1O. The normalized spacial score (nSPS) is 42.9. The molecule has 0 aliphatic carbocycles. The quantitative estimate of drug-likeness (QED) is 0.0913. The molecule has 21 heteroatoms. The minimum atomic E-state index is -3.04. The van der Waals surface area contributed by atoms with Crippen molar-refractivity contribution in [3.05, 3.63) is 0 Å². The summed E-state index contributed by atoms with van der Waals surface area (Å²) in [6.45, 7) is -0.777. The molecular weight excluding hydrogens is 632 g/mol. The van der Waals surface area contributed by atoms with Crippen molar-refractivity contribution in [2.75, 3.05) is 19.8 Å². The van der Waals surface area contributed by atoms with E-state index in [0.29, 0.717) is 0 Å². The summed E-state index contributed by atoms with van der Waals surface area (Å²) in [5, 5.41) is 118. The van der Waals surface area contributed by atoms with Gasteiger partial charge >= 0.3 is 5.97 Å². The zero-order valence-corrected chi connectivity index (χ0v) is 24.7. The smallest absolute Gasteiger partial charge is 0.364 e. The van der Waals surface area contributed by atoms with Gasteiger partial charge in [-0.2, -0.15) is 0 Å². The molecule has 0 spiro atoms. The second-order valence-corrected chi connectivity index (χ2v) is 11.2. The van der Waals surface area contributed by atoms with Crippen LogP contribution in [0.15, 0.2) is 0 Å². The van der Waals surface area contributed by atoms with Crippen LogP contribution >= 0.6 is 0 Å². The van der Waals surface area contributed by atoms with Crippen molar-refractivity contribution >= 4 is 17.8 Å². The highest BCUT2D eigenvalue weighted by atomic mass is 16.8. The topological polar surface area (TPSA) is 344 Å². The Morgan fingerprint density at radius 1 is 0.848 bits per heavy atom. The third-order valence-corrected chi connectivity index (χ3v) is 7.87. The highest BCUT2D eigenvalue weighted by molar-refractivity contribution is 5.76. The first kappa shape index (κ1) is 38.3. The van der Waals surface area contributed by atoms with E-state index in [1.165, 1.54) is 0 Å². The van der Waals surface area contributed by atoms with E-state index in [1.54, 1.807) is 0 Å². The molecule has 266 valence electrons. The maximum Gasteiger partial charge on any atom is 0.364 e. The number of aliphatic carboxylic acids is 1. The number of carboxylic acid groups (broad SMARTS) is 1. The molecule has 0 bridgehead atoms. The Labute approximate surface area is 260 Å². The summed E-state index contributed by atoms with van der Waals surface area (Å²) >= 11 is 0. The van der Waals surface area contributed by atoms with E-state index < -0.39 is 142 Å². The van der Waals surface area contributed by atoms with Crippen molar-refractivity contribution in [1.29, 1.82) is 0 Å². The number of carbonyl (C=O) groups is 3. The fourth-order valence-corrected chi connectivity index (χ4v) is 5.56.